The Bertz CT molecular complexity index is 22.5. The van der Waals surface area contributed by atoms with E-state index in [1.807, 2.05) is 0 Å². The number of hydrogen-bond donors (Lipinski definition) is 0. The normalized spacial score (nSPS) is 0. The van der Waals surface area contributed by atoms with Crippen molar-refractivity contribution in [2.45, 2.75) is 0 Å². The van der Waals surface area contributed by atoms with Crippen LogP contribution < -0.4 is 0 Å². The van der Waals surface area contributed by atoms with E-state index in [0.717, 1.165) is 0 Å². The molecule has 0 N–H and O–H groups in total. The summed E-state index contributed by atoms with van der Waals surface area (Å²) in [6, 6.07) is 0. The summed E-state index contributed by atoms with van der Waals surface area (Å²) < 4.78 is 0. The third-order valence-corrected chi connectivity index (χ3v) is 0. The molecular weight excluding hydrogens is 516 g/mol. The van der Waals surface area contributed by atoms with Crippen molar-refractivity contribution in [2.75, 3.05) is 0 Å². The van der Waals surface area contributed by atoms with Gasteiger partial charge in [0.25, 0.3) is 0 Å². The minimum atomic E-state index is 0. The maximum absolute atomic E-state index is 0. The molecule has 0 unspecified atom stereocenters. The number of rotatable bonds is 0. The van der Waals surface area contributed by atoms with Crippen LogP contribution in [0.2, 0.25) is 0 Å². The average Bonchev–Trinajstić information content (AvgIpc) is 0. The Hall–Kier alpha value is 4.71. The van der Waals surface area contributed by atoms with E-state index >= 15 is 0 Å². The molecule has 0 spiro atoms. The quantitative estimate of drug-likeness (QED) is 0.334. The van der Waals surface area contributed by atoms with Gasteiger partial charge in [-0.3, -0.25) is 0 Å². The summed E-state index contributed by atoms with van der Waals surface area (Å²) in [7, 11) is 0. The first-order chi connectivity index (χ1) is 0. The summed E-state index contributed by atoms with van der Waals surface area (Å²) in [5.74, 6) is 0. The molecule has 0 heterocycles. The van der Waals surface area contributed by atoms with E-state index in [4.69, 9.17) is 0 Å². The molecule has 0 rings (SSSR count). The molecule has 13 heteroatoms. The van der Waals surface area contributed by atoms with Crippen LogP contribution in [0.15, 0.2) is 0 Å². The topological polar surface area (TPSA) is 200 Å². The van der Waals surface area contributed by atoms with Crippen molar-refractivity contribution in [3.05, 3.63) is 0 Å². The van der Waals surface area contributed by atoms with E-state index < -0.39 is 0 Å². The van der Waals surface area contributed by atoms with Crippen LogP contribution in [0.1, 0.15) is 0 Å². The standard InChI is InChI=1S/2Fe.2Ni.7O.2Sr/q2*+3;2*+2;7*-2;2*+2. The van der Waals surface area contributed by atoms with Gasteiger partial charge in [-0.1, -0.05) is 0 Å². The fourth-order valence-electron chi connectivity index (χ4n) is 0. The minimum absolute atomic E-state index is 0. The molecule has 0 atom stereocenters. The molecule has 0 aliphatic rings. The smallest absolute Gasteiger partial charge is 2.00 e. The summed E-state index contributed by atoms with van der Waals surface area (Å²) in [4.78, 5) is 0. The Morgan fingerprint density at radius 1 is 0.308 bits per heavy atom. The summed E-state index contributed by atoms with van der Waals surface area (Å²) in [6.07, 6.45) is 0. The third kappa shape index (κ3) is 163. The summed E-state index contributed by atoms with van der Waals surface area (Å²) in [5, 5.41) is 0. The maximum atomic E-state index is 0. The van der Waals surface area contributed by atoms with Crippen LogP contribution >= 0.6 is 0 Å². The van der Waals surface area contributed by atoms with Gasteiger partial charge in [0.15, 0.2) is 0 Å². The molecule has 0 saturated heterocycles. The summed E-state index contributed by atoms with van der Waals surface area (Å²) >= 11 is 0. The van der Waals surface area contributed by atoms with Crippen molar-refractivity contribution in [1.82, 2.24) is 0 Å². The zero-order chi connectivity index (χ0) is 0. The van der Waals surface area contributed by atoms with Crippen LogP contribution in [0.4, 0.5) is 0 Å². The van der Waals surface area contributed by atoms with Crippen LogP contribution in [0, 0.1) is 0 Å². The van der Waals surface area contributed by atoms with Crippen LogP contribution in [0.25, 0.3) is 0 Å². The van der Waals surface area contributed by atoms with Crippen LogP contribution in [-0.4, -0.2) is 91.0 Å². The Balaban J connectivity index is 0. The van der Waals surface area contributed by atoms with Crippen molar-refractivity contribution in [2.24, 2.45) is 0 Å². The first-order valence-electron chi connectivity index (χ1n) is 0. The molecule has 0 aromatic rings. The second-order valence-electron chi connectivity index (χ2n) is 0. The zero-order valence-electron chi connectivity index (χ0n) is 5.61. The maximum Gasteiger partial charge on any atom is 3.00 e. The zero-order valence-corrected chi connectivity index (χ0v) is 16.7. The van der Waals surface area contributed by atoms with Gasteiger partial charge in [-0.2, -0.15) is 0 Å². The van der Waals surface area contributed by atoms with Gasteiger partial charge in [0.1, 0.15) is 0 Å². The molecule has 0 amide bonds. The molecule has 82 valence electrons. The monoisotopic (exact) mass is 516 g/mol. The molecule has 13 heavy (non-hydrogen) atoms. The van der Waals surface area contributed by atoms with E-state index in [-0.39, 0.29) is 196 Å². The average molecular weight is 516 g/mol. The first kappa shape index (κ1) is 223. The van der Waals surface area contributed by atoms with Crippen molar-refractivity contribution in [1.29, 1.82) is 0 Å². The Labute approximate surface area is 192 Å². The molecule has 0 aromatic carbocycles. The Morgan fingerprint density at radius 3 is 0.308 bits per heavy atom. The van der Waals surface area contributed by atoms with Crippen LogP contribution in [-0.2, 0) is 105 Å². The summed E-state index contributed by atoms with van der Waals surface area (Å²) in [6.45, 7) is 0. The van der Waals surface area contributed by atoms with Gasteiger partial charge in [-0.05, 0) is 0 Å². The molecule has 0 aromatic heterocycles. The SMILES string of the molecule is [Fe+3].[Fe+3].[Ni+2].[Ni+2].[O-2].[O-2].[O-2].[O-2].[O-2].[O-2].[O-2].[Sr+2].[Sr+2]. The second kappa shape index (κ2) is 186. The molecular formula is Fe2Ni2O7Sr2. The molecule has 0 aliphatic heterocycles. The molecule has 0 fully saturated rings. The van der Waals surface area contributed by atoms with Crippen molar-refractivity contribution < 1.29 is 105 Å². The van der Waals surface area contributed by atoms with E-state index in [2.05, 4.69) is 0 Å². The van der Waals surface area contributed by atoms with Gasteiger partial charge in [0, 0.05) is 0 Å². The van der Waals surface area contributed by atoms with Gasteiger partial charge in [-0.15, -0.1) is 0 Å². The largest absolute Gasteiger partial charge is 3.00 e. The molecule has 7 nitrogen and oxygen atoms in total. The van der Waals surface area contributed by atoms with E-state index in [9.17, 15) is 0 Å². The molecule has 0 bridgehead atoms. The fraction of sp³-hybridized carbons (Fsp3) is 0. The molecule has 2 radical (unpaired) electrons. The minimum Gasteiger partial charge on any atom is -2.00 e. The van der Waals surface area contributed by atoms with E-state index in [1.54, 1.807) is 0 Å². The van der Waals surface area contributed by atoms with Gasteiger partial charge < -0.3 is 38.3 Å². The van der Waals surface area contributed by atoms with E-state index in [1.165, 1.54) is 0 Å². The predicted octanol–water partition coefficient (Wildman–Crippen LogP) is -1.60. The molecule has 0 saturated carbocycles. The predicted molar refractivity (Wildman–Crippen MR) is 16.3 cm³/mol. The Kier molecular flexibility index (Phi) is 3190. The second-order valence-corrected chi connectivity index (χ2v) is 0. The van der Waals surface area contributed by atoms with Gasteiger partial charge >= 0.3 is 158 Å². The fourth-order valence-corrected chi connectivity index (χ4v) is 0. The van der Waals surface area contributed by atoms with Crippen LogP contribution in [0.5, 0.6) is 0 Å². The molecule has 0 aliphatic carbocycles. The van der Waals surface area contributed by atoms with Crippen molar-refractivity contribution in [3.63, 3.8) is 0 Å². The van der Waals surface area contributed by atoms with Crippen molar-refractivity contribution >= 4 is 91.0 Å². The third-order valence-electron chi connectivity index (χ3n) is 0. The Morgan fingerprint density at radius 2 is 0.308 bits per heavy atom. The van der Waals surface area contributed by atoms with Gasteiger partial charge in [-0.25, -0.2) is 0 Å². The summed E-state index contributed by atoms with van der Waals surface area (Å²) in [5.41, 5.74) is 0. The van der Waals surface area contributed by atoms with E-state index in [0.29, 0.717) is 0 Å². The number of hydrogen-bond acceptors (Lipinski definition) is 0. The first-order valence-corrected chi connectivity index (χ1v) is 0. The van der Waals surface area contributed by atoms with Crippen molar-refractivity contribution in [3.8, 4) is 0 Å². The van der Waals surface area contributed by atoms with Crippen LogP contribution in [0.3, 0.4) is 0 Å². The van der Waals surface area contributed by atoms with Gasteiger partial charge in [0.05, 0.1) is 0 Å². The van der Waals surface area contributed by atoms with Gasteiger partial charge in [0.2, 0.25) is 0 Å².